The van der Waals surface area contributed by atoms with Crippen molar-refractivity contribution in [2.45, 2.75) is 65.0 Å². The van der Waals surface area contributed by atoms with Crippen molar-refractivity contribution < 1.29 is 9.47 Å². The third kappa shape index (κ3) is 10.3. The summed E-state index contributed by atoms with van der Waals surface area (Å²) in [5.74, 6) is 1.66. The Morgan fingerprint density at radius 3 is 2.81 bits per heavy atom. The third-order valence-corrected chi connectivity index (χ3v) is 4.99. The van der Waals surface area contributed by atoms with Crippen LogP contribution in [0.3, 0.4) is 0 Å². The van der Waals surface area contributed by atoms with E-state index in [0.29, 0.717) is 12.1 Å². The summed E-state index contributed by atoms with van der Waals surface area (Å²) >= 11 is 0. The quantitative estimate of drug-likeness (QED) is 0.200. The van der Waals surface area contributed by atoms with Gasteiger partial charge < -0.3 is 20.1 Å². The largest absolute Gasteiger partial charge is 0.379 e. The number of rotatable bonds is 11. The maximum atomic E-state index is 5.72. The van der Waals surface area contributed by atoms with E-state index in [-0.39, 0.29) is 24.0 Å². The minimum atomic E-state index is 0. The monoisotopic (exact) mass is 496 g/mol. The molecule has 2 saturated heterocycles. The molecule has 6 nitrogen and oxygen atoms in total. The molecule has 0 aromatic carbocycles. The van der Waals surface area contributed by atoms with Crippen molar-refractivity contribution in [1.29, 1.82) is 0 Å². The molecule has 7 heteroatoms. The lowest BCUT2D eigenvalue weighted by atomic mass is 10.2. The van der Waals surface area contributed by atoms with Crippen molar-refractivity contribution in [1.82, 2.24) is 15.5 Å². The van der Waals surface area contributed by atoms with Crippen molar-refractivity contribution in [2.24, 2.45) is 10.9 Å². The Labute approximate surface area is 183 Å². The molecule has 0 amide bonds. The Balaban J connectivity index is 0.00000364. The van der Waals surface area contributed by atoms with Gasteiger partial charge in [0.2, 0.25) is 0 Å². The molecule has 0 saturated carbocycles. The number of halogens is 1. The van der Waals surface area contributed by atoms with Gasteiger partial charge in [-0.3, -0.25) is 9.89 Å². The van der Waals surface area contributed by atoms with Gasteiger partial charge in [-0.2, -0.15) is 0 Å². The van der Waals surface area contributed by atoms with E-state index in [1.165, 1.54) is 32.4 Å². The zero-order chi connectivity index (χ0) is 18.6. The van der Waals surface area contributed by atoms with Gasteiger partial charge in [-0.05, 0) is 51.5 Å². The number of ether oxygens (including phenoxy) is 2. The van der Waals surface area contributed by atoms with Crippen LogP contribution in [-0.2, 0) is 9.47 Å². The van der Waals surface area contributed by atoms with Gasteiger partial charge in [-0.15, -0.1) is 24.0 Å². The summed E-state index contributed by atoms with van der Waals surface area (Å²) in [6, 6.07) is 0.600. The number of nitrogens with one attached hydrogen (secondary N) is 2. The fourth-order valence-corrected chi connectivity index (χ4v) is 3.72. The Hall–Kier alpha value is -0.120. The van der Waals surface area contributed by atoms with Crippen LogP contribution in [0.4, 0.5) is 0 Å². The smallest absolute Gasteiger partial charge is 0.191 e. The first-order valence-corrected chi connectivity index (χ1v) is 10.6. The van der Waals surface area contributed by atoms with Crippen LogP contribution >= 0.6 is 24.0 Å². The van der Waals surface area contributed by atoms with Gasteiger partial charge in [0.15, 0.2) is 5.96 Å². The van der Waals surface area contributed by atoms with E-state index >= 15 is 0 Å². The Morgan fingerprint density at radius 1 is 1.26 bits per heavy atom. The molecule has 2 aliphatic rings. The number of hydrogen-bond donors (Lipinski definition) is 2. The summed E-state index contributed by atoms with van der Waals surface area (Å²) < 4.78 is 11.3. The highest BCUT2D eigenvalue weighted by molar-refractivity contribution is 14.0. The molecule has 1 unspecified atom stereocenters. The normalized spacial score (nSPS) is 23.6. The van der Waals surface area contributed by atoms with Crippen LogP contribution in [0.15, 0.2) is 4.99 Å². The first-order chi connectivity index (χ1) is 12.7. The molecule has 0 aromatic heterocycles. The number of hydrogen-bond acceptors (Lipinski definition) is 4. The molecule has 160 valence electrons. The molecular weight excluding hydrogens is 455 g/mol. The maximum Gasteiger partial charge on any atom is 0.191 e. The summed E-state index contributed by atoms with van der Waals surface area (Å²) in [6.45, 7) is 14.2. The van der Waals surface area contributed by atoms with Gasteiger partial charge in [0, 0.05) is 38.9 Å². The van der Waals surface area contributed by atoms with Gasteiger partial charge in [0.25, 0.3) is 0 Å². The highest BCUT2D eigenvalue weighted by atomic mass is 127. The molecule has 2 N–H and O–H groups in total. The molecular formula is C20H41IN4O2. The van der Waals surface area contributed by atoms with E-state index < -0.39 is 0 Å². The summed E-state index contributed by atoms with van der Waals surface area (Å²) in [5.41, 5.74) is 0. The third-order valence-electron chi connectivity index (χ3n) is 4.99. The first-order valence-electron chi connectivity index (χ1n) is 10.6. The second-order valence-electron chi connectivity index (χ2n) is 7.89. The molecule has 0 aliphatic carbocycles. The van der Waals surface area contributed by atoms with Crippen LogP contribution in [0.25, 0.3) is 0 Å². The molecule has 2 aliphatic heterocycles. The second kappa shape index (κ2) is 14.8. The lowest BCUT2D eigenvalue weighted by molar-refractivity contribution is 0.0168. The SMILES string of the molecule is CCNC(=NC[C@H]1CCCN1CC(C)C)NCCCOCC1CCCO1.I. The standard InChI is InChI=1S/C20H40N4O2.HI/c1-4-21-20(22-10-7-12-25-16-19-9-6-13-26-19)23-14-18-8-5-11-24(18)15-17(2)3;/h17-19H,4-16H2,1-3H3,(H2,21,22,23);1H/t18-,19?;/m1./s1. The van der Waals surface area contributed by atoms with Crippen molar-refractivity contribution >= 4 is 29.9 Å². The molecule has 2 heterocycles. The molecule has 2 fully saturated rings. The van der Waals surface area contributed by atoms with Crippen molar-refractivity contribution in [2.75, 3.05) is 52.5 Å². The molecule has 27 heavy (non-hydrogen) atoms. The lowest BCUT2D eigenvalue weighted by Gasteiger charge is -2.25. The number of nitrogens with zero attached hydrogens (tertiary/aromatic N) is 2. The van der Waals surface area contributed by atoms with E-state index in [2.05, 4.69) is 36.3 Å². The van der Waals surface area contributed by atoms with Crippen molar-refractivity contribution in [3.05, 3.63) is 0 Å². The van der Waals surface area contributed by atoms with Gasteiger partial charge in [0.05, 0.1) is 19.3 Å². The van der Waals surface area contributed by atoms with E-state index in [0.717, 1.165) is 64.2 Å². The lowest BCUT2D eigenvalue weighted by Crippen LogP contribution is -2.40. The maximum absolute atomic E-state index is 5.72. The summed E-state index contributed by atoms with van der Waals surface area (Å²) in [4.78, 5) is 7.43. The Morgan fingerprint density at radius 2 is 2.11 bits per heavy atom. The van der Waals surface area contributed by atoms with Crippen LogP contribution in [-0.4, -0.2) is 75.5 Å². The predicted octanol–water partition coefficient (Wildman–Crippen LogP) is 2.87. The molecule has 0 bridgehead atoms. The molecule has 0 spiro atoms. The Kier molecular flexibility index (Phi) is 13.7. The average molecular weight is 496 g/mol. The van der Waals surface area contributed by atoms with Crippen molar-refractivity contribution in [3.8, 4) is 0 Å². The first kappa shape index (κ1) is 24.9. The van der Waals surface area contributed by atoms with Crippen LogP contribution in [0, 0.1) is 5.92 Å². The van der Waals surface area contributed by atoms with Gasteiger partial charge in [-0.1, -0.05) is 13.8 Å². The molecule has 0 aromatic rings. The minimum absolute atomic E-state index is 0. The topological polar surface area (TPSA) is 58.1 Å². The zero-order valence-corrected chi connectivity index (χ0v) is 19.9. The van der Waals surface area contributed by atoms with Crippen LogP contribution in [0.2, 0.25) is 0 Å². The van der Waals surface area contributed by atoms with E-state index in [1.807, 2.05) is 0 Å². The molecule has 2 rings (SSSR count). The average Bonchev–Trinajstić information content (AvgIpc) is 3.27. The summed E-state index contributed by atoms with van der Waals surface area (Å²) in [5, 5.41) is 6.80. The van der Waals surface area contributed by atoms with E-state index in [1.54, 1.807) is 0 Å². The van der Waals surface area contributed by atoms with Gasteiger partial charge >= 0.3 is 0 Å². The fourth-order valence-electron chi connectivity index (χ4n) is 3.72. The highest BCUT2D eigenvalue weighted by Gasteiger charge is 2.24. The number of likely N-dealkylation sites (tertiary alicyclic amines) is 1. The van der Waals surface area contributed by atoms with Crippen LogP contribution < -0.4 is 10.6 Å². The summed E-state index contributed by atoms with van der Waals surface area (Å²) in [6.07, 6.45) is 6.20. The Bertz CT molecular complexity index is 403. The van der Waals surface area contributed by atoms with Gasteiger partial charge in [-0.25, -0.2) is 0 Å². The zero-order valence-electron chi connectivity index (χ0n) is 17.5. The highest BCUT2D eigenvalue weighted by Crippen LogP contribution is 2.18. The van der Waals surface area contributed by atoms with Gasteiger partial charge in [0.1, 0.15) is 0 Å². The molecule has 2 atom stereocenters. The van der Waals surface area contributed by atoms with Crippen molar-refractivity contribution in [3.63, 3.8) is 0 Å². The van der Waals surface area contributed by atoms with Crippen LogP contribution in [0.1, 0.15) is 52.9 Å². The second-order valence-corrected chi connectivity index (χ2v) is 7.89. The fraction of sp³-hybridized carbons (Fsp3) is 0.950. The van der Waals surface area contributed by atoms with Crippen LogP contribution in [0.5, 0.6) is 0 Å². The molecule has 0 radical (unpaired) electrons. The number of guanidine groups is 1. The van der Waals surface area contributed by atoms with E-state index in [4.69, 9.17) is 14.5 Å². The minimum Gasteiger partial charge on any atom is -0.379 e. The number of aliphatic imine (C=N–C) groups is 1. The summed E-state index contributed by atoms with van der Waals surface area (Å²) in [7, 11) is 0. The van der Waals surface area contributed by atoms with E-state index in [9.17, 15) is 0 Å². The predicted molar refractivity (Wildman–Crippen MR) is 123 cm³/mol.